The molecule has 1 N–H and O–H groups in total. The van der Waals surface area contributed by atoms with Gasteiger partial charge < -0.3 is 10.0 Å². The van der Waals surface area contributed by atoms with Crippen molar-refractivity contribution in [3.8, 4) is 0 Å². The first-order valence-corrected chi connectivity index (χ1v) is 7.45. The highest BCUT2D eigenvalue weighted by atomic mass is 32.2. The number of para-hydroxylation sites is 1. The van der Waals surface area contributed by atoms with Crippen LogP contribution >= 0.6 is 0 Å². The summed E-state index contributed by atoms with van der Waals surface area (Å²) in [6, 6.07) is 6.79. The third-order valence-electron chi connectivity index (χ3n) is 2.66. The van der Waals surface area contributed by atoms with Crippen LogP contribution in [0.5, 0.6) is 0 Å². The number of rotatable bonds is 5. The molecule has 0 radical (unpaired) electrons. The number of anilines is 1. The second-order valence-corrected chi connectivity index (χ2v) is 7.54. The molecule has 0 amide bonds. The maximum Gasteiger partial charge on any atom is 0.244 e. The molecule has 1 aromatic rings. The minimum atomic E-state index is -3.50. The van der Waals surface area contributed by atoms with Gasteiger partial charge >= 0.3 is 0 Å². The van der Waals surface area contributed by atoms with Crippen LogP contribution < -0.4 is 4.90 Å². The zero-order valence-electron chi connectivity index (χ0n) is 12.1. The molecular weight excluding hydrogens is 264 g/mol. The third kappa shape index (κ3) is 3.92. The van der Waals surface area contributed by atoms with Crippen LogP contribution in [0.4, 0.5) is 5.69 Å². The normalized spacial score (nSPS) is 12.8. The van der Waals surface area contributed by atoms with Crippen LogP contribution in [-0.4, -0.2) is 51.1 Å². The van der Waals surface area contributed by atoms with Crippen molar-refractivity contribution >= 4 is 15.7 Å². The van der Waals surface area contributed by atoms with E-state index in [9.17, 15) is 13.5 Å². The highest BCUT2D eigenvalue weighted by Gasteiger charge is 2.24. The molecule has 0 saturated heterocycles. The summed E-state index contributed by atoms with van der Waals surface area (Å²) in [6.07, 6.45) is 0. The summed E-state index contributed by atoms with van der Waals surface area (Å²) in [7, 11) is 1.27. The first-order chi connectivity index (χ1) is 8.55. The highest BCUT2D eigenvalue weighted by molar-refractivity contribution is 7.89. The Morgan fingerprint density at radius 1 is 1.16 bits per heavy atom. The lowest BCUT2D eigenvalue weighted by Crippen LogP contribution is -2.37. The molecule has 0 aliphatic carbocycles. The number of likely N-dealkylation sites (N-methyl/N-ethyl adjacent to an activating group) is 1. The second-order valence-electron chi connectivity index (χ2n) is 5.42. The van der Waals surface area contributed by atoms with Gasteiger partial charge in [-0.25, -0.2) is 12.7 Å². The summed E-state index contributed by atoms with van der Waals surface area (Å²) in [6.45, 7) is 3.71. The molecular formula is C13H22N2O3S. The van der Waals surface area contributed by atoms with Crippen LogP contribution in [0.25, 0.3) is 0 Å². The topological polar surface area (TPSA) is 60.9 Å². The van der Waals surface area contributed by atoms with Gasteiger partial charge in [0.15, 0.2) is 0 Å². The molecule has 0 aliphatic rings. The molecule has 0 fully saturated rings. The van der Waals surface area contributed by atoms with Crippen molar-refractivity contribution in [1.82, 2.24) is 4.31 Å². The molecule has 108 valence electrons. The maximum absolute atomic E-state index is 12.3. The Kier molecular flexibility index (Phi) is 4.60. The quantitative estimate of drug-likeness (QED) is 0.882. The first kappa shape index (κ1) is 15.9. The van der Waals surface area contributed by atoms with E-state index in [2.05, 4.69) is 0 Å². The molecule has 0 bridgehead atoms. The van der Waals surface area contributed by atoms with Crippen LogP contribution in [0, 0.1) is 0 Å². The molecule has 0 aliphatic heterocycles. The molecule has 0 saturated carbocycles. The number of hydrogen-bond acceptors (Lipinski definition) is 4. The Balaban J connectivity index is 3.24. The van der Waals surface area contributed by atoms with Gasteiger partial charge in [-0.15, -0.1) is 0 Å². The number of sulfonamides is 1. The lowest BCUT2D eigenvalue weighted by molar-refractivity contribution is 0.0885. The summed E-state index contributed by atoms with van der Waals surface area (Å²) in [4.78, 5) is 1.99. The fourth-order valence-corrected chi connectivity index (χ4v) is 2.99. The summed E-state index contributed by atoms with van der Waals surface area (Å²) >= 11 is 0. The zero-order chi connectivity index (χ0) is 14.8. The number of hydrogen-bond donors (Lipinski definition) is 1. The Hall–Kier alpha value is -1.11. The molecule has 5 nitrogen and oxygen atoms in total. The lowest BCUT2D eigenvalue weighted by atomic mass is 10.1. The Bertz CT molecular complexity index is 533. The van der Waals surface area contributed by atoms with Crippen molar-refractivity contribution in [3.63, 3.8) is 0 Å². The largest absolute Gasteiger partial charge is 0.389 e. The Labute approximate surface area is 115 Å². The summed E-state index contributed by atoms with van der Waals surface area (Å²) < 4.78 is 25.7. The van der Waals surface area contributed by atoms with Crippen LogP contribution in [-0.2, 0) is 10.0 Å². The third-order valence-corrected chi connectivity index (χ3v) is 4.52. The van der Waals surface area contributed by atoms with Crippen LogP contribution in [0.1, 0.15) is 13.8 Å². The van der Waals surface area contributed by atoms with Crippen molar-refractivity contribution in [1.29, 1.82) is 0 Å². The lowest BCUT2D eigenvalue weighted by Gasteiger charge is -2.29. The van der Waals surface area contributed by atoms with Gasteiger partial charge in [0.2, 0.25) is 10.0 Å². The predicted molar refractivity (Wildman–Crippen MR) is 76.9 cm³/mol. The smallest absolute Gasteiger partial charge is 0.244 e. The van der Waals surface area contributed by atoms with E-state index in [1.807, 2.05) is 0 Å². The van der Waals surface area contributed by atoms with Crippen molar-refractivity contribution < 1.29 is 13.5 Å². The molecule has 1 rings (SSSR count). The minimum absolute atomic E-state index is 0.242. The Morgan fingerprint density at radius 3 is 2.16 bits per heavy atom. The summed E-state index contributed by atoms with van der Waals surface area (Å²) in [5, 5.41) is 9.85. The van der Waals surface area contributed by atoms with Crippen LogP contribution in [0.3, 0.4) is 0 Å². The van der Waals surface area contributed by atoms with Gasteiger partial charge in [0.25, 0.3) is 0 Å². The van der Waals surface area contributed by atoms with Crippen molar-refractivity contribution in [2.75, 3.05) is 32.6 Å². The van der Waals surface area contributed by atoms with Gasteiger partial charge in [0.05, 0.1) is 11.3 Å². The van der Waals surface area contributed by atoms with Gasteiger partial charge in [-0.2, -0.15) is 0 Å². The molecule has 0 spiro atoms. The van der Waals surface area contributed by atoms with Crippen molar-refractivity contribution in [3.05, 3.63) is 24.3 Å². The monoisotopic (exact) mass is 286 g/mol. The second kappa shape index (κ2) is 5.48. The summed E-state index contributed by atoms with van der Waals surface area (Å²) in [5.74, 6) is 0. The van der Waals surface area contributed by atoms with Crippen LogP contribution in [0.15, 0.2) is 29.2 Å². The van der Waals surface area contributed by atoms with Crippen molar-refractivity contribution in [2.45, 2.75) is 24.3 Å². The fourth-order valence-electron chi connectivity index (χ4n) is 1.85. The van der Waals surface area contributed by atoms with Gasteiger partial charge in [-0.1, -0.05) is 12.1 Å². The number of aliphatic hydroxyl groups is 1. The van der Waals surface area contributed by atoms with Gasteiger partial charge in [-0.3, -0.25) is 0 Å². The molecule has 0 atom stereocenters. The van der Waals surface area contributed by atoms with Crippen LogP contribution in [0.2, 0.25) is 0 Å². The van der Waals surface area contributed by atoms with E-state index >= 15 is 0 Å². The standard InChI is InChI=1S/C13H22N2O3S/c1-13(2,16)10-15(5)11-8-6-7-9-12(11)19(17,18)14(3)4/h6-9,16H,10H2,1-5H3. The molecule has 19 heavy (non-hydrogen) atoms. The van der Waals surface area contributed by atoms with Gasteiger partial charge in [-0.05, 0) is 26.0 Å². The highest BCUT2D eigenvalue weighted by Crippen LogP contribution is 2.26. The molecule has 1 aromatic carbocycles. The first-order valence-electron chi connectivity index (χ1n) is 6.01. The van der Waals surface area contributed by atoms with E-state index < -0.39 is 15.6 Å². The van der Waals surface area contributed by atoms with E-state index in [4.69, 9.17) is 0 Å². The predicted octanol–water partition coefficient (Wildman–Crippen LogP) is 1.14. The molecule has 0 unspecified atom stereocenters. The molecule has 0 aromatic heterocycles. The zero-order valence-corrected chi connectivity index (χ0v) is 12.9. The fraction of sp³-hybridized carbons (Fsp3) is 0.538. The van der Waals surface area contributed by atoms with Gasteiger partial charge in [0.1, 0.15) is 4.90 Å². The van der Waals surface area contributed by atoms with E-state index in [-0.39, 0.29) is 4.90 Å². The SMILES string of the molecule is CN(CC(C)(C)O)c1ccccc1S(=O)(=O)N(C)C. The summed E-state index contributed by atoms with van der Waals surface area (Å²) in [5.41, 5.74) is -0.317. The maximum atomic E-state index is 12.3. The average molecular weight is 286 g/mol. The number of nitrogens with zero attached hydrogens (tertiary/aromatic N) is 2. The van der Waals surface area contributed by atoms with E-state index in [0.717, 1.165) is 0 Å². The van der Waals surface area contributed by atoms with Gasteiger partial charge in [0, 0.05) is 27.7 Å². The number of benzene rings is 1. The van der Waals surface area contributed by atoms with E-state index in [0.29, 0.717) is 12.2 Å². The van der Waals surface area contributed by atoms with E-state index in [1.165, 1.54) is 18.4 Å². The Morgan fingerprint density at radius 2 is 1.68 bits per heavy atom. The molecule has 0 heterocycles. The van der Waals surface area contributed by atoms with Crippen molar-refractivity contribution in [2.24, 2.45) is 0 Å². The van der Waals surface area contributed by atoms with E-state index in [1.54, 1.807) is 50.1 Å². The average Bonchev–Trinajstić information content (AvgIpc) is 2.26. The minimum Gasteiger partial charge on any atom is -0.389 e. The molecule has 6 heteroatoms.